The zero-order chi connectivity index (χ0) is 14.7. The van der Waals surface area contributed by atoms with E-state index in [0.717, 1.165) is 0 Å². The van der Waals surface area contributed by atoms with Gasteiger partial charge in [0.05, 0.1) is 19.1 Å². The van der Waals surface area contributed by atoms with Crippen molar-refractivity contribution in [2.24, 2.45) is 5.92 Å². The molecule has 1 aromatic rings. The number of phenols is 1. The Morgan fingerprint density at radius 2 is 2.25 bits per heavy atom. The Bertz CT molecular complexity index is 494. The van der Waals surface area contributed by atoms with Crippen LogP contribution in [0, 0.1) is 11.7 Å². The molecule has 2 N–H and O–H groups in total. The van der Waals surface area contributed by atoms with Gasteiger partial charge in [-0.05, 0) is 24.2 Å². The fourth-order valence-corrected chi connectivity index (χ4v) is 2.49. The average molecular weight is 283 g/mol. The lowest BCUT2D eigenvalue weighted by molar-refractivity contribution is -0.143. The topological polar surface area (TPSA) is 70.0 Å². The zero-order valence-corrected chi connectivity index (χ0v) is 11.3. The van der Waals surface area contributed by atoms with Gasteiger partial charge in [0.2, 0.25) is 0 Å². The van der Waals surface area contributed by atoms with Crippen LogP contribution in [-0.2, 0) is 16.1 Å². The summed E-state index contributed by atoms with van der Waals surface area (Å²) in [6.45, 7) is 3.56. The number of hydrogen-bond acceptors (Lipinski definition) is 4. The van der Waals surface area contributed by atoms with E-state index in [1.807, 2.05) is 11.8 Å². The van der Waals surface area contributed by atoms with Crippen molar-refractivity contribution < 1.29 is 24.1 Å². The number of carbonyl (C=O) groups is 1. The highest BCUT2D eigenvalue weighted by atomic mass is 19.1. The number of likely N-dealkylation sites (N-methyl/N-ethyl adjacent to an activating group) is 1. The lowest BCUT2D eigenvalue weighted by Crippen LogP contribution is -2.42. The Labute approximate surface area is 116 Å². The van der Waals surface area contributed by atoms with Gasteiger partial charge in [0.1, 0.15) is 0 Å². The van der Waals surface area contributed by atoms with Crippen LogP contribution in [0.4, 0.5) is 4.39 Å². The van der Waals surface area contributed by atoms with Gasteiger partial charge in [0, 0.05) is 12.6 Å². The lowest BCUT2D eigenvalue weighted by Gasteiger charge is -2.29. The van der Waals surface area contributed by atoms with Crippen molar-refractivity contribution in [1.29, 1.82) is 0 Å². The quantitative estimate of drug-likeness (QED) is 0.856. The molecule has 0 aliphatic carbocycles. The Morgan fingerprint density at radius 1 is 1.50 bits per heavy atom. The first kappa shape index (κ1) is 14.7. The number of ether oxygens (including phenoxy) is 1. The Kier molecular flexibility index (Phi) is 4.57. The third-order valence-electron chi connectivity index (χ3n) is 3.64. The van der Waals surface area contributed by atoms with Gasteiger partial charge in [-0.3, -0.25) is 9.69 Å². The van der Waals surface area contributed by atoms with E-state index in [1.165, 1.54) is 12.1 Å². The lowest BCUT2D eigenvalue weighted by atomic mass is 10.0. The monoisotopic (exact) mass is 283 g/mol. The summed E-state index contributed by atoms with van der Waals surface area (Å²) in [7, 11) is 0. The SMILES string of the molecule is CCN(Cc1ccc(O)c(F)c1)C1COCC1C(=O)O. The zero-order valence-electron chi connectivity index (χ0n) is 11.3. The number of aliphatic carboxylic acids is 1. The van der Waals surface area contributed by atoms with Crippen LogP contribution in [0.3, 0.4) is 0 Å². The number of halogens is 1. The number of hydrogen-bond donors (Lipinski definition) is 2. The predicted octanol–water partition coefficient (Wildman–Crippen LogP) is 1.45. The minimum Gasteiger partial charge on any atom is -0.505 e. The van der Waals surface area contributed by atoms with E-state index in [1.54, 1.807) is 6.07 Å². The summed E-state index contributed by atoms with van der Waals surface area (Å²) in [4.78, 5) is 13.1. The molecule has 0 saturated carbocycles. The molecule has 1 aliphatic heterocycles. The molecular formula is C14H18FNO4. The minimum atomic E-state index is -0.872. The summed E-state index contributed by atoms with van der Waals surface area (Å²) in [5.41, 5.74) is 0.693. The molecule has 1 aliphatic rings. The van der Waals surface area contributed by atoms with Crippen LogP contribution in [0.25, 0.3) is 0 Å². The highest BCUT2D eigenvalue weighted by Gasteiger charge is 2.37. The van der Waals surface area contributed by atoms with Crippen LogP contribution in [0.15, 0.2) is 18.2 Å². The van der Waals surface area contributed by atoms with E-state index in [9.17, 15) is 19.4 Å². The highest BCUT2D eigenvalue weighted by Crippen LogP contribution is 2.23. The fraction of sp³-hybridized carbons (Fsp3) is 0.500. The molecule has 2 atom stereocenters. The van der Waals surface area contributed by atoms with E-state index in [4.69, 9.17) is 4.74 Å². The maximum atomic E-state index is 13.3. The largest absolute Gasteiger partial charge is 0.505 e. The first-order valence-electron chi connectivity index (χ1n) is 6.55. The molecule has 6 heteroatoms. The average Bonchev–Trinajstić information content (AvgIpc) is 2.89. The summed E-state index contributed by atoms with van der Waals surface area (Å²) >= 11 is 0. The number of carboxylic acid groups (broad SMARTS) is 1. The van der Waals surface area contributed by atoms with E-state index in [2.05, 4.69) is 0 Å². The summed E-state index contributed by atoms with van der Waals surface area (Å²) in [6, 6.07) is 3.99. The smallest absolute Gasteiger partial charge is 0.310 e. The summed E-state index contributed by atoms with van der Waals surface area (Å²) in [6.07, 6.45) is 0. The van der Waals surface area contributed by atoms with Crippen LogP contribution >= 0.6 is 0 Å². The van der Waals surface area contributed by atoms with Gasteiger partial charge in [0.15, 0.2) is 11.6 Å². The third kappa shape index (κ3) is 3.08. The molecule has 1 fully saturated rings. The van der Waals surface area contributed by atoms with Gasteiger partial charge in [-0.15, -0.1) is 0 Å². The van der Waals surface area contributed by atoms with E-state index < -0.39 is 17.7 Å². The van der Waals surface area contributed by atoms with Gasteiger partial charge in [-0.2, -0.15) is 0 Å². The number of aromatic hydroxyl groups is 1. The maximum absolute atomic E-state index is 13.3. The molecule has 1 saturated heterocycles. The maximum Gasteiger partial charge on any atom is 0.310 e. The van der Waals surface area contributed by atoms with Crippen molar-refractivity contribution in [3.8, 4) is 5.75 Å². The molecular weight excluding hydrogens is 265 g/mol. The second-order valence-electron chi connectivity index (χ2n) is 4.90. The molecule has 1 aromatic carbocycles. The summed E-state index contributed by atoms with van der Waals surface area (Å²) < 4.78 is 18.6. The standard InChI is InChI=1S/C14H18FNO4/c1-2-16(12-8-20-7-10(12)14(18)19)6-9-3-4-13(17)11(15)5-9/h3-5,10,12,17H,2,6-8H2,1H3,(H,18,19). The molecule has 0 radical (unpaired) electrons. The van der Waals surface area contributed by atoms with Crippen molar-refractivity contribution in [3.63, 3.8) is 0 Å². The normalized spacial score (nSPS) is 22.4. The van der Waals surface area contributed by atoms with Crippen molar-refractivity contribution in [2.75, 3.05) is 19.8 Å². The summed E-state index contributed by atoms with van der Waals surface area (Å²) in [5.74, 6) is -2.49. The first-order chi connectivity index (χ1) is 9.52. The van der Waals surface area contributed by atoms with Crippen LogP contribution in [0.1, 0.15) is 12.5 Å². The Morgan fingerprint density at radius 3 is 2.85 bits per heavy atom. The highest BCUT2D eigenvalue weighted by molar-refractivity contribution is 5.71. The van der Waals surface area contributed by atoms with Crippen LogP contribution in [0.5, 0.6) is 5.75 Å². The Hall–Kier alpha value is -1.66. The van der Waals surface area contributed by atoms with Crippen molar-refractivity contribution in [1.82, 2.24) is 4.90 Å². The molecule has 2 unspecified atom stereocenters. The van der Waals surface area contributed by atoms with Crippen molar-refractivity contribution >= 4 is 5.97 Å². The number of rotatable bonds is 5. The van der Waals surface area contributed by atoms with E-state index in [-0.39, 0.29) is 18.4 Å². The van der Waals surface area contributed by atoms with Crippen LogP contribution in [-0.4, -0.2) is 46.9 Å². The number of benzene rings is 1. The molecule has 0 spiro atoms. The van der Waals surface area contributed by atoms with E-state index in [0.29, 0.717) is 25.3 Å². The number of phenolic OH excluding ortho intramolecular Hbond substituents is 1. The third-order valence-corrected chi connectivity index (χ3v) is 3.64. The molecule has 110 valence electrons. The second-order valence-corrected chi connectivity index (χ2v) is 4.90. The van der Waals surface area contributed by atoms with Gasteiger partial charge in [-0.1, -0.05) is 13.0 Å². The summed E-state index contributed by atoms with van der Waals surface area (Å²) in [5, 5.41) is 18.4. The molecule has 0 bridgehead atoms. The molecule has 1 heterocycles. The molecule has 20 heavy (non-hydrogen) atoms. The van der Waals surface area contributed by atoms with Gasteiger partial charge < -0.3 is 14.9 Å². The number of carboxylic acids is 1. The van der Waals surface area contributed by atoms with Crippen LogP contribution < -0.4 is 0 Å². The predicted molar refractivity (Wildman–Crippen MR) is 69.9 cm³/mol. The first-order valence-corrected chi connectivity index (χ1v) is 6.55. The van der Waals surface area contributed by atoms with Gasteiger partial charge in [0.25, 0.3) is 0 Å². The molecule has 0 amide bonds. The number of nitrogens with zero attached hydrogens (tertiary/aromatic N) is 1. The second kappa shape index (κ2) is 6.19. The van der Waals surface area contributed by atoms with Gasteiger partial charge in [-0.25, -0.2) is 4.39 Å². The molecule has 0 aromatic heterocycles. The van der Waals surface area contributed by atoms with E-state index >= 15 is 0 Å². The van der Waals surface area contributed by atoms with Crippen LogP contribution in [0.2, 0.25) is 0 Å². The van der Waals surface area contributed by atoms with Gasteiger partial charge >= 0.3 is 5.97 Å². The van der Waals surface area contributed by atoms with Crippen molar-refractivity contribution in [2.45, 2.75) is 19.5 Å². The molecule has 5 nitrogen and oxygen atoms in total. The Balaban J connectivity index is 2.12. The minimum absolute atomic E-state index is 0.209. The molecule has 2 rings (SSSR count). The van der Waals surface area contributed by atoms with Crippen molar-refractivity contribution in [3.05, 3.63) is 29.6 Å². The fourth-order valence-electron chi connectivity index (χ4n) is 2.49.